The lowest BCUT2D eigenvalue weighted by atomic mass is 10.0. The molecule has 2 nitrogen and oxygen atoms in total. The molecule has 0 aliphatic carbocycles. The molecule has 100 valence electrons. The molecule has 1 heterocycles. The van der Waals surface area contributed by atoms with Crippen LogP contribution in [0.1, 0.15) is 42.4 Å². The molecule has 1 saturated heterocycles. The van der Waals surface area contributed by atoms with Crippen molar-refractivity contribution in [1.29, 1.82) is 0 Å². The van der Waals surface area contributed by atoms with Crippen LogP contribution >= 0.6 is 0 Å². The van der Waals surface area contributed by atoms with Crippen molar-refractivity contribution in [3.8, 4) is 0 Å². The number of benzene rings is 1. The van der Waals surface area contributed by atoms with E-state index in [4.69, 9.17) is 4.74 Å². The standard InChI is InChI=1S/C16H25NO/c1-13-6-7-15(11-14(13)2)12-18-10-8-16-5-3-4-9-17-16/h6-7,11,16-17H,3-5,8-10,12H2,1-2H3. The summed E-state index contributed by atoms with van der Waals surface area (Å²) in [6, 6.07) is 7.25. The Bertz CT molecular complexity index is 369. The summed E-state index contributed by atoms with van der Waals surface area (Å²) in [6.45, 7) is 7.10. The summed E-state index contributed by atoms with van der Waals surface area (Å²) in [4.78, 5) is 0. The Morgan fingerprint density at radius 2 is 2.11 bits per heavy atom. The molecule has 0 aromatic heterocycles. The second-order valence-electron chi connectivity index (χ2n) is 5.41. The number of nitrogens with one attached hydrogen (secondary N) is 1. The summed E-state index contributed by atoms with van der Waals surface area (Å²) < 4.78 is 5.78. The van der Waals surface area contributed by atoms with Crippen LogP contribution < -0.4 is 5.32 Å². The Balaban J connectivity index is 1.66. The van der Waals surface area contributed by atoms with Crippen LogP contribution in [0.2, 0.25) is 0 Å². The van der Waals surface area contributed by atoms with Crippen molar-refractivity contribution in [3.05, 3.63) is 34.9 Å². The van der Waals surface area contributed by atoms with E-state index < -0.39 is 0 Å². The molecule has 1 unspecified atom stereocenters. The van der Waals surface area contributed by atoms with E-state index in [-0.39, 0.29) is 0 Å². The summed E-state index contributed by atoms with van der Waals surface area (Å²) in [5.41, 5.74) is 3.99. The molecule has 0 spiro atoms. The van der Waals surface area contributed by atoms with Gasteiger partial charge in [0.1, 0.15) is 0 Å². The Kier molecular flexibility index (Phi) is 5.21. The summed E-state index contributed by atoms with van der Waals surface area (Å²) in [5, 5.41) is 3.55. The molecular formula is C16H25NO. The first-order chi connectivity index (χ1) is 8.75. The van der Waals surface area contributed by atoms with E-state index in [1.165, 1.54) is 42.5 Å². The molecule has 1 atom stereocenters. The highest BCUT2D eigenvalue weighted by molar-refractivity contribution is 5.29. The monoisotopic (exact) mass is 247 g/mol. The first-order valence-electron chi connectivity index (χ1n) is 7.13. The molecule has 1 N–H and O–H groups in total. The Morgan fingerprint density at radius 1 is 1.22 bits per heavy atom. The van der Waals surface area contributed by atoms with Gasteiger partial charge in [-0.05, 0) is 56.3 Å². The number of rotatable bonds is 5. The van der Waals surface area contributed by atoms with Gasteiger partial charge in [-0.25, -0.2) is 0 Å². The maximum absolute atomic E-state index is 5.78. The van der Waals surface area contributed by atoms with E-state index in [9.17, 15) is 0 Å². The second kappa shape index (κ2) is 6.91. The summed E-state index contributed by atoms with van der Waals surface area (Å²) >= 11 is 0. The van der Waals surface area contributed by atoms with Gasteiger partial charge < -0.3 is 10.1 Å². The van der Waals surface area contributed by atoms with Crippen molar-refractivity contribution in [2.24, 2.45) is 0 Å². The van der Waals surface area contributed by atoms with Gasteiger partial charge in [0, 0.05) is 12.6 Å². The van der Waals surface area contributed by atoms with Crippen molar-refractivity contribution in [1.82, 2.24) is 5.32 Å². The molecule has 1 aliphatic rings. The van der Waals surface area contributed by atoms with Crippen molar-refractivity contribution in [2.75, 3.05) is 13.2 Å². The lowest BCUT2D eigenvalue weighted by molar-refractivity contribution is 0.108. The summed E-state index contributed by atoms with van der Waals surface area (Å²) in [5.74, 6) is 0. The molecule has 0 bridgehead atoms. The first kappa shape index (κ1) is 13.6. The summed E-state index contributed by atoms with van der Waals surface area (Å²) in [7, 11) is 0. The highest BCUT2D eigenvalue weighted by Crippen LogP contribution is 2.12. The molecule has 0 radical (unpaired) electrons. The minimum Gasteiger partial charge on any atom is -0.377 e. The lowest BCUT2D eigenvalue weighted by Crippen LogP contribution is -2.34. The molecule has 2 rings (SSSR count). The van der Waals surface area contributed by atoms with Crippen molar-refractivity contribution in [3.63, 3.8) is 0 Å². The van der Waals surface area contributed by atoms with Crippen LogP contribution in [-0.2, 0) is 11.3 Å². The van der Waals surface area contributed by atoms with E-state index in [0.29, 0.717) is 6.04 Å². The minimum atomic E-state index is 0.679. The minimum absolute atomic E-state index is 0.679. The molecule has 1 aromatic rings. The van der Waals surface area contributed by atoms with Crippen LogP contribution in [0.15, 0.2) is 18.2 Å². The predicted octanol–water partition coefficient (Wildman–Crippen LogP) is 3.35. The zero-order valence-electron chi connectivity index (χ0n) is 11.7. The maximum atomic E-state index is 5.78. The van der Waals surface area contributed by atoms with Gasteiger partial charge in [-0.3, -0.25) is 0 Å². The molecule has 18 heavy (non-hydrogen) atoms. The Labute approximate surface area is 111 Å². The van der Waals surface area contributed by atoms with E-state index in [1.54, 1.807) is 0 Å². The molecule has 0 saturated carbocycles. The van der Waals surface area contributed by atoms with Crippen LogP contribution in [0, 0.1) is 13.8 Å². The highest BCUT2D eigenvalue weighted by atomic mass is 16.5. The van der Waals surface area contributed by atoms with Crippen molar-refractivity contribution in [2.45, 2.75) is 52.2 Å². The third kappa shape index (κ3) is 4.11. The second-order valence-corrected chi connectivity index (χ2v) is 5.41. The van der Waals surface area contributed by atoms with Gasteiger partial charge in [0.2, 0.25) is 0 Å². The van der Waals surface area contributed by atoms with Crippen molar-refractivity contribution >= 4 is 0 Å². The van der Waals surface area contributed by atoms with Gasteiger partial charge in [0.25, 0.3) is 0 Å². The smallest absolute Gasteiger partial charge is 0.0716 e. The van der Waals surface area contributed by atoms with E-state index in [1.807, 2.05) is 0 Å². The summed E-state index contributed by atoms with van der Waals surface area (Å²) in [6.07, 6.45) is 5.16. The third-order valence-electron chi connectivity index (χ3n) is 3.86. The molecular weight excluding hydrogens is 222 g/mol. The average molecular weight is 247 g/mol. The van der Waals surface area contributed by atoms with Crippen LogP contribution in [0.5, 0.6) is 0 Å². The fourth-order valence-corrected chi connectivity index (χ4v) is 2.48. The van der Waals surface area contributed by atoms with E-state index in [0.717, 1.165) is 19.6 Å². The molecule has 1 aromatic carbocycles. The Hall–Kier alpha value is -0.860. The fourth-order valence-electron chi connectivity index (χ4n) is 2.48. The maximum Gasteiger partial charge on any atom is 0.0716 e. The number of hydrogen-bond acceptors (Lipinski definition) is 2. The number of piperidine rings is 1. The van der Waals surface area contributed by atoms with Gasteiger partial charge >= 0.3 is 0 Å². The van der Waals surface area contributed by atoms with Gasteiger partial charge in [0.15, 0.2) is 0 Å². The van der Waals surface area contributed by atoms with Crippen LogP contribution in [0.4, 0.5) is 0 Å². The molecule has 1 aliphatic heterocycles. The quantitative estimate of drug-likeness (QED) is 0.806. The normalized spacial score (nSPS) is 20.0. The molecule has 1 fully saturated rings. The van der Waals surface area contributed by atoms with Gasteiger partial charge in [0.05, 0.1) is 6.61 Å². The SMILES string of the molecule is Cc1ccc(COCCC2CCCCN2)cc1C. The topological polar surface area (TPSA) is 21.3 Å². The fraction of sp³-hybridized carbons (Fsp3) is 0.625. The molecule has 0 amide bonds. The lowest BCUT2D eigenvalue weighted by Gasteiger charge is -2.23. The largest absolute Gasteiger partial charge is 0.377 e. The number of ether oxygens (including phenoxy) is 1. The predicted molar refractivity (Wildman–Crippen MR) is 75.8 cm³/mol. The number of hydrogen-bond donors (Lipinski definition) is 1. The van der Waals surface area contributed by atoms with Crippen LogP contribution in [0.25, 0.3) is 0 Å². The highest BCUT2D eigenvalue weighted by Gasteiger charge is 2.11. The van der Waals surface area contributed by atoms with Crippen LogP contribution in [-0.4, -0.2) is 19.2 Å². The average Bonchev–Trinajstić information content (AvgIpc) is 2.40. The number of aryl methyl sites for hydroxylation is 2. The van der Waals surface area contributed by atoms with Gasteiger partial charge in [-0.2, -0.15) is 0 Å². The third-order valence-corrected chi connectivity index (χ3v) is 3.86. The Morgan fingerprint density at radius 3 is 2.83 bits per heavy atom. The van der Waals surface area contributed by atoms with Gasteiger partial charge in [-0.1, -0.05) is 24.6 Å². The van der Waals surface area contributed by atoms with Gasteiger partial charge in [-0.15, -0.1) is 0 Å². The zero-order valence-corrected chi connectivity index (χ0v) is 11.7. The first-order valence-corrected chi connectivity index (χ1v) is 7.13. The van der Waals surface area contributed by atoms with E-state index in [2.05, 4.69) is 37.4 Å². The van der Waals surface area contributed by atoms with Crippen molar-refractivity contribution < 1.29 is 4.74 Å². The molecule has 2 heteroatoms. The zero-order chi connectivity index (χ0) is 12.8. The van der Waals surface area contributed by atoms with E-state index >= 15 is 0 Å². The van der Waals surface area contributed by atoms with Crippen LogP contribution in [0.3, 0.4) is 0 Å².